The van der Waals surface area contributed by atoms with Crippen LogP contribution in [0.1, 0.15) is 11.1 Å². The van der Waals surface area contributed by atoms with E-state index in [1.807, 2.05) is 11.0 Å². The lowest BCUT2D eigenvalue weighted by molar-refractivity contribution is -0.384. The molecule has 0 saturated carbocycles. The molecule has 0 radical (unpaired) electrons. The number of benzene rings is 2. The van der Waals surface area contributed by atoms with Crippen molar-refractivity contribution in [2.75, 3.05) is 31.2 Å². The Morgan fingerprint density at radius 3 is 2.65 bits per heavy atom. The summed E-state index contributed by atoms with van der Waals surface area (Å²) in [6.45, 7) is 2.39. The Kier molecular flexibility index (Phi) is 5.25. The molecular formula is C19H16FN3O3. The number of nitrogens with zero attached hydrogens (tertiary/aromatic N) is 3. The van der Waals surface area contributed by atoms with Crippen LogP contribution in [0.2, 0.25) is 0 Å². The number of nitriles is 1. The normalized spacial score (nSPS) is 14.8. The van der Waals surface area contributed by atoms with Gasteiger partial charge in [0.15, 0.2) is 0 Å². The molecule has 0 spiro atoms. The topological polar surface area (TPSA) is 79.4 Å². The Morgan fingerprint density at radius 1 is 1.27 bits per heavy atom. The number of anilines is 1. The Labute approximate surface area is 149 Å². The van der Waals surface area contributed by atoms with Gasteiger partial charge in [-0.1, -0.05) is 18.2 Å². The molecule has 0 amide bonds. The molecule has 1 aliphatic rings. The quantitative estimate of drug-likeness (QED) is 0.363. The summed E-state index contributed by atoms with van der Waals surface area (Å²) in [7, 11) is 0. The third-order valence-corrected chi connectivity index (χ3v) is 4.16. The van der Waals surface area contributed by atoms with Crippen LogP contribution in [0.15, 0.2) is 42.5 Å². The summed E-state index contributed by atoms with van der Waals surface area (Å²) >= 11 is 0. The predicted molar refractivity (Wildman–Crippen MR) is 96.0 cm³/mol. The molecular weight excluding hydrogens is 337 g/mol. The Morgan fingerprint density at radius 2 is 2.00 bits per heavy atom. The van der Waals surface area contributed by atoms with Crippen molar-refractivity contribution in [3.05, 3.63) is 69.5 Å². The highest BCUT2D eigenvalue weighted by Gasteiger charge is 2.18. The highest BCUT2D eigenvalue weighted by Crippen LogP contribution is 2.30. The Hall–Kier alpha value is -3.24. The summed E-state index contributed by atoms with van der Waals surface area (Å²) < 4.78 is 19.4. The van der Waals surface area contributed by atoms with Crippen molar-refractivity contribution in [3.63, 3.8) is 0 Å². The third-order valence-electron chi connectivity index (χ3n) is 4.16. The smallest absolute Gasteiger partial charge is 0.270 e. The molecule has 0 bridgehead atoms. The van der Waals surface area contributed by atoms with E-state index in [0.717, 1.165) is 5.69 Å². The average molecular weight is 353 g/mol. The van der Waals surface area contributed by atoms with Crippen LogP contribution in [0.5, 0.6) is 0 Å². The molecule has 1 fully saturated rings. The fourth-order valence-electron chi connectivity index (χ4n) is 2.87. The number of ether oxygens (including phenoxy) is 1. The van der Waals surface area contributed by atoms with E-state index in [2.05, 4.69) is 0 Å². The fraction of sp³-hybridized carbons (Fsp3) is 0.211. The van der Waals surface area contributed by atoms with Crippen LogP contribution in [0.4, 0.5) is 15.8 Å². The molecule has 2 aromatic rings. The fourth-order valence-corrected chi connectivity index (χ4v) is 2.87. The van der Waals surface area contributed by atoms with E-state index in [9.17, 15) is 19.8 Å². The van der Waals surface area contributed by atoms with E-state index in [1.54, 1.807) is 18.2 Å². The van der Waals surface area contributed by atoms with Gasteiger partial charge in [-0.05, 0) is 18.2 Å². The molecule has 6 nitrogen and oxygen atoms in total. The summed E-state index contributed by atoms with van der Waals surface area (Å²) in [4.78, 5) is 12.7. The Balaban J connectivity index is 2.11. The molecule has 26 heavy (non-hydrogen) atoms. The summed E-state index contributed by atoms with van der Waals surface area (Å²) in [5.41, 5.74) is 1.44. The SMILES string of the molecule is N#C/C(=C\c1cc([N+](=O)[O-])ccc1N1CCOCC1)c1ccccc1F. The second kappa shape index (κ2) is 7.76. The van der Waals surface area contributed by atoms with Crippen molar-refractivity contribution in [2.45, 2.75) is 0 Å². The lowest BCUT2D eigenvalue weighted by Gasteiger charge is -2.30. The zero-order valence-corrected chi connectivity index (χ0v) is 13.9. The third kappa shape index (κ3) is 3.71. The number of morpholine rings is 1. The number of nitro groups is 1. The van der Waals surface area contributed by atoms with Gasteiger partial charge in [0.2, 0.25) is 0 Å². The monoisotopic (exact) mass is 353 g/mol. The van der Waals surface area contributed by atoms with E-state index < -0.39 is 10.7 Å². The van der Waals surface area contributed by atoms with Crippen molar-refractivity contribution in [2.24, 2.45) is 0 Å². The van der Waals surface area contributed by atoms with Gasteiger partial charge in [-0.25, -0.2) is 4.39 Å². The van der Waals surface area contributed by atoms with Gasteiger partial charge in [-0.3, -0.25) is 10.1 Å². The van der Waals surface area contributed by atoms with Gasteiger partial charge in [0.25, 0.3) is 5.69 Å². The maximum absolute atomic E-state index is 14.1. The van der Waals surface area contributed by atoms with Crippen LogP contribution in [0.25, 0.3) is 11.6 Å². The van der Waals surface area contributed by atoms with E-state index in [-0.39, 0.29) is 16.8 Å². The predicted octanol–water partition coefficient (Wildman–Crippen LogP) is 3.63. The summed E-state index contributed by atoms with van der Waals surface area (Å²) in [5.74, 6) is -0.515. The minimum atomic E-state index is -0.515. The standard InChI is InChI=1S/C19H16FN3O3/c20-18-4-2-1-3-17(18)15(13-21)11-14-12-16(23(24)25)5-6-19(14)22-7-9-26-10-8-22/h1-6,11-12H,7-10H2/b15-11+. The first-order valence-electron chi connectivity index (χ1n) is 8.08. The van der Waals surface area contributed by atoms with Crippen LogP contribution in [-0.2, 0) is 4.74 Å². The maximum atomic E-state index is 14.1. The molecule has 1 heterocycles. The van der Waals surface area contributed by atoms with E-state index >= 15 is 0 Å². The molecule has 2 aromatic carbocycles. The second-order valence-corrected chi connectivity index (χ2v) is 5.75. The first-order chi connectivity index (χ1) is 12.6. The lowest BCUT2D eigenvalue weighted by Crippen LogP contribution is -2.36. The molecule has 3 rings (SSSR count). The number of hydrogen-bond acceptors (Lipinski definition) is 5. The van der Waals surface area contributed by atoms with E-state index in [1.165, 1.54) is 30.3 Å². The number of rotatable bonds is 4. The molecule has 132 valence electrons. The zero-order valence-electron chi connectivity index (χ0n) is 13.9. The molecule has 0 aliphatic carbocycles. The summed E-state index contributed by atoms with van der Waals surface area (Å²) in [6.07, 6.45) is 1.50. The molecule has 0 aromatic heterocycles. The minimum Gasteiger partial charge on any atom is -0.378 e. The van der Waals surface area contributed by atoms with E-state index in [4.69, 9.17) is 4.74 Å². The van der Waals surface area contributed by atoms with Gasteiger partial charge in [-0.15, -0.1) is 0 Å². The molecule has 0 unspecified atom stereocenters. The molecule has 7 heteroatoms. The van der Waals surface area contributed by atoms with Crippen LogP contribution in [0.3, 0.4) is 0 Å². The van der Waals surface area contributed by atoms with Crippen LogP contribution >= 0.6 is 0 Å². The van der Waals surface area contributed by atoms with Gasteiger partial charge in [0.1, 0.15) is 5.82 Å². The molecule has 1 aliphatic heterocycles. The number of hydrogen-bond donors (Lipinski definition) is 0. The van der Waals surface area contributed by atoms with Crippen LogP contribution in [-0.4, -0.2) is 31.2 Å². The van der Waals surface area contributed by atoms with Crippen molar-refractivity contribution in [1.82, 2.24) is 0 Å². The largest absolute Gasteiger partial charge is 0.378 e. The Bertz CT molecular complexity index is 899. The van der Waals surface area contributed by atoms with Gasteiger partial charge in [-0.2, -0.15) is 5.26 Å². The summed E-state index contributed by atoms with van der Waals surface area (Å²) in [5, 5.41) is 20.6. The average Bonchev–Trinajstić information content (AvgIpc) is 2.67. The highest BCUT2D eigenvalue weighted by molar-refractivity contribution is 5.92. The van der Waals surface area contributed by atoms with Crippen LogP contribution in [0, 0.1) is 27.3 Å². The summed E-state index contributed by atoms with van der Waals surface area (Å²) in [6, 6.07) is 12.5. The number of nitro benzene ring substituents is 1. The van der Waals surface area contributed by atoms with Crippen molar-refractivity contribution in [1.29, 1.82) is 5.26 Å². The van der Waals surface area contributed by atoms with Gasteiger partial charge >= 0.3 is 0 Å². The molecule has 0 N–H and O–H groups in total. The molecule has 0 atom stereocenters. The number of halogens is 1. The van der Waals surface area contributed by atoms with Crippen molar-refractivity contribution in [3.8, 4) is 6.07 Å². The van der Waals surface area contributed by atoms with Crippen LogP contribution < -0.4 is 4.90 Å². The highest BCUT2D eigenvalue weighted by atomic mass is 19.1. The van der Waals surface area contributed by atoms with E-state index in [0.29, 0.717) is 31.9 Å². The maximum Gasteiger partial charge on any atom is 0.270 e. The first-order valence-corrected chi connectivity index (χ1v) is 8.08. The van der Waals surface area contributed by atoms with Crippen molar-refractivity contribution < 1.29 is 14.1 Å². The van der Waals surface area contributed by atoms with Crippen molar-refractivity contribution >= 4 is 23.0 Å². The number of non-ortho nitro benzene ring substituents is 1. The van der Waals surface area contributed by atoms with Gasteiger partial charge in [0.05, 0.1) is 29.8 Å². The second-order valence-electron chi connectivity index (χ2n) is 5.75. The molecule has 1 saturated heterocycles. The minimum absolute atomic E-state index is 0.0842. The van der Waals surface area contributed by atoms with Gasteiger partial charge in [0, 0.05) is 42.0 Å². The lowest BCUT2D eigenvalue weighted by atomic mass is 10.0. The zero-order chi connectivity index (χ0) is 18.5. The first kappa shape index (κ1) is 17.6. The van der Waals surface area contributed by atoms with Gasteiger partial charge < -0.3 is 9.64 Å². The number of allylic oxidation sites excluding steroid dienone is 1.